The summed E-state index contributed by atoms with van der Waals surface area (Å²) in [4.78, 5) is 4.00. The number of imidazole rings is 1. The van der Waals surface area contributed by atoms with Gasteiger partial charge in [0.25, 0.3) is 0 Å². The Balaban J connectivity index is 1.52. The third-order valence-corrected chi connectivity index (χ3v) is 2.86. The molecule has 5 heteroatoms. The Labute approximate surface area is 118 Å². The van der Waals surface area contributed by atoms with Crippen molar-refractivity contribution in [3.63, 3.8) is 0 Å². The van der Waals surface area contributed by atoms with Crippen LogP contribution < -0.4 is 10.1 Å². The molecule has 0 spiro atoms. The molecule has 0 radical (unpaired) electrons. The minimum Gasteiger partial charge on any atom is -0.492 e. The molecular weight excluding hydrogens is 252 g/mol. The first-order valence-electron chi connectivity index (χ1n) is 6.68. The van der Waals surface area contributed by atoms with E-state index in [0.29, 0.717) is 12.2 Å². The summed E-state index contributed by atoms with van der Waals surface area (Å²) < 4.78 is 7.64. The molecule has 0 atom stereocenters. The lowest BCUT2D eigenvalue weighted by atomic mass is 10.2. The van der Waals surface area contributed by atoms with Gasteiger partial charge in [-0.3, -0.25) is 0 Å². The van der Waals surface area contributed by atoms with Crippen molar-refractivity contribution in [3.05, 3.63) is 48.5 Å². The van der Waals surface area contributed by atoms with Crippen molar-refractivity contribution in [2.24, 2.45) is 0 Å². The Morgan fingerprint density at radius 2 is 2.10 bits per heavy atom. The smallest absolute Gasteiger partial charge is 0.119 e. The maximum atomic E-state index is 8.69. The molecule has 1 aromatic carbocycles. The molecule has 0 bridgehead atoms. The van der Waals surface area contributed by atoms with Crippen LogP contribution in [-0.2, 0) is 6.54 Å². The third kappa shape index (κ3) is 4.75. The van der Waals surface area contributed by atoms with Gasteiger partial charge in [-0.15, -0.1) is 0 Å². The standard InChI is InChI=1S/C15H18N4O/c16-12-14-2-4-15(5-3-14)20-11-8-17-6-1-9-19-10-7-18-13-19/h2-5,7,10,13,17H,1,6,8-9,11H2. The summed E-state index contributed by atoms with van der Waals surface area (Å²) in [6.45, 7) is 3.36. The number of nitrogens with zero attached hydrogens (tertiary/aromatic N) is 3. The van der Waals surface area contributed by atoms with Crippen LogP contribution in [0.5, 0.6) is 5.75 Å². The van der Waals surface area contributed by atoms with Gasteiger partial charge in [0.2, 0.25) is 0 Å². The van der Waals surface area contributed by atoms with Gasteiger partial charge < -0.3 is 14.6 Å². The fourth-order valence-electron chi connectivity index (χ4n) is 1.80. The van der Waals surface area contributed by atoms with Crippen LogP contribution in [-0.4, -0.2) is 29.2 Å². The fourth-order valence-corrected chi connectivity index (χ4v) is 1.80. The van der Waals surface area contributed by atoms with E-state index in [9.17, 15) is 0 Å². The van der Waals surface area contributed by atoms with Crippen molar-refractivity contribution in [2.75, 3.05) is 19.7 Å². The highest BCUT2D eigenvalue weighted by Crippen LogP contribution is 2.10. The molecule has 2 aromatic rings. The quantitative estimate of drug-likeness (QED) is 0.743. The van der Waals surface area contributed by atoms with Crippen molar-refractivity contribution in [1.82, 2.24) is 14.9 Å². The first-order valence-corrected chi connectivity index (χ1v) is 6.68. The Bertz CT molecular complexity index is 528. The predicted molar refractivity (Wildman–Crippen MR) is 76.4 cm³/mol. The van der Waals surface area contributed by atoms with Crippen LogP contribution >= 0.6 is 0 Å². The van der Waals surface area contributed by atoms with Gasteiger partial charge in [-0.1, -0.05) is 0 Å². The normalized spacial score (nSPS) is 10.2. The molecule has 0 amide bonds. The Hall–Kier alpha value is -2.32. The molecule has 20 heavy (non-hydrogen) atoms. The van der Waals surface area contributed by atoms with Crippen LogP contribution in [0.25, 0.3) is 0 Å². The van der Waals surface area contributed by atoms with Gasteiger partial charge in [0.05, 0.1) is 18.0 Å². The number of ether oxygens (including phenoxy) is 1. The first kappa shape index (κ1) is 14.1. The molecule has 0 fully saturated rings. The van der Waals surface area contributed by atoms with Crippen LogP contribution in [0.4, 0.5) is 0 Å². The fraction of sp³-hybridized carbons (Fsp3) is 0.333. The SMILES string of the molecule is N#Cc1ccc(OCCNCCCn2ccnc2)cc1. The summed E-state index contributed by atoms with van der Waals surface area (Å²) in [6.07, 6.45) is 6.65. The molecule has 1 heterocycles. The molecule has 0 aliphatic rings. The largest absolute Gasteiger partial charge is 0.492 e. The molecule has 0 saturated heterocycles. The lowest BCUT2D eigenvalue weighted by molar-refractivity contribution is 0.313. The topological polar surface area (TPSA) is 62.9 Å². The molecule has 5 nitrogen and oxygen atoms in total. The average molecular weight is 270 g/mol. The first-order chi connectivity index (χ1) is 9.88. The van der Waals surface area contributed by atoms with E-state index in [-0.39, 0.29) is 0 Å². The Kier molecular flexibility index (Phi) is 5.62. The van der Waals surface area contributed by atoms with Gasteiger partial charge in [-0.05, 0) is 37.2 Å². The van der Waals surface area contributed by atoms with Crippen molar-refractivity contribution < 1.29 is 4.74 Å². The Morgan fingerprint density at radius 1 is 1.25 bits per heavy atom. The van der Waals surface area contributed by atoms with E-state index in [1.807, 2.05) is 24.7 Å². The average Bonchev–Trinajstić information content (AvgIpc) is 3.00. The van der Waals surface area contributed by atoms with Gasteiger partial charge in [0.15, 0.2) is 0 Å². The maximum absolute atomic E-state index is 8.69. The number of hydrogen-bond donors (Lipinski definition) is 1. The molecule has 1 aromatic heterocycles. The second-order valence-corrected chi connectivity index (χ2v) is 4.39. The zero-order chi connectivity index (χ0) is 14.0. The van der Waals surface area contributed by atoms with E-state index >= 15 is 0 Å². The number of aromatic nitrogens is 2. The zero-order valence-electron chi connectivity index (χ0n) is 11.3. The minimum absolute atomic E-state index is 0.622. The number of aryl methyl sites for hydroxylation is 1. The molecule has 104 valence electrons. The van der Waals surface area contributed by atoms with E-state index in [1.54, 1.807) is 18.3 Å². The highest BCUT2D eigenvalue weighted by Gasteiger charge is 1.95. The molecular formula is C15H18N4O. The van der Waals surface area contributed by atoms with Crippen LogP contribution in [0, 0.1) is 11.3 Å². The molecule has 1 N–H and O–H groups in total. The second kappa shape index (κ2) is 7.97. The van der Waals surface area contributed by atoms with E-state index in [0.717, 1.165) is 31.8 Å². The van der Waals surface area contributed by atoms with Gasteiger partial charge in [-0.25, -0.2) is 4.98 Å². The maximum Gasteiger partial charge on any atom is 0.119 e. The summed E-state index contributed by atoms with van der Waals surface area (Å²) in [7, 11) is 0. The van der Waals surface area contributed by atoms with E-state index in [1.165, 1.54) is 0 Å². The van der Waals surface area contributed by atoms with Gasteiger partial charge in [-0.2, -0.15) is 5.26 Å². The summed E-state index contributed by atoms with van der Waals surface area (Å²) in [5.74, 6) is 0.796. The zero-order valence-corrected chi connectivity index (χ0v) is 11.3. The number of hydrogen-bond acceptors (Lipinski definition) is 4. The van der Waals surface area contributed by atoms with Crippen LogP contribution in [0.2, 0.25) is 0 Å². The molecule has 2 rings (SSSR count). The summed E-state index contributed by atoms with van der Waals surface area (Å²) in [6, 6.07) is 9.23. The number of rotatable bonds is 8. The van der Waals surface area contributed by atoms with E-state index in [2.05, 4.69) is 20.9 Å². The monoisotopic (exact) mass is 270 g/mol. The summed E-state index contributed by atoms with van der Waals surface area (Å²) in [5, 5.41) is 12.0. The Morgan fingerprint density at radius 3 is 2.80 bits per heavy atom. The number of benzene rings is 1. The van der Waals surface area contributed by atoms with Gasteiger partial charge in [0.1, 0.15) is 12.4 Å². The highest BCUT2D eigenvalue weighted by molar-refractivity contribution is 5.34. The lowest BCUT2D eigenvalue weighted by Crippen LogP contribution is -2.22. The number of nitriles is 1. The third-order valence-electron chi connectivity index (χ3n) is 2.86. The minimum atomic E-state index is 0.622. The molecule has 0 saturated carbocycles. The highest BCUT2D eigenvalue weighted by atomic mass is 16.5. The number of nitrogens with one attached hydrogen (secondary N) is 1. The summed E-state index contributed by atoms with van der Waals surface area (Å²) in [5.41, 5.74) is 0.648. The van der Waals surface area contributed by atoms with Crippen LogP contribution in [0.3, 0.4) is 0 Å². The van der Waals surface area contributed by atoms with E-state index < -0.39 is 0 Å². The van der Waals surface area contributed by atoms with Crippen LogP contribution in [0.1, 0.15) is 12.0 Å². The molecule has 0 unspecified atom stereocenters. The van der Waals surface area contributed by atoms with E-state index in [4.69, 9.17) is 10.00 Å². The van der Waals surface area contributed by atoms with Gasteiger partial charge in [0, 0.05) is 25.5 Å². The van der Waals surface area contributed by atoms with Crippen molar-refractivity contribution in [2.45, 2.75) is 13.0 Å². The predicted octanol–water partition coefficient (Wildman–Crippen LogP) is 1.81. The summed E-state index contributed by atoms with van der Waals surface area (Å²) >= 11 is 0. The lowest BCUT2D eigenvalue weighted by Gasteiger charge is -2.07. The van der Waals surface area contributed by atoms with Crippen molar-refractivity contribution in [1.29, 1.82) is 5.26 Å². The molecule has 0 aliphatic carbocycles. The van der Waals surface area contributed by atoms with Crippen molar-refractivity contribution in [3.8, 4) is 11.8 Å². The van der Waals surface area contributed by atoms with Gasteiger partial charge >= 0.3 is 0 Å². The van der Waals surface area contributed by atoms with Crippen LogP contribution in [0.15, 0.2) is 43.0 Å². The molecule has 0 aliphatic heterocycles. The second-order valence-electron chi connectivity index (χ2n) is 4.39. The van der Waals surface area contributed by atoms with Crippen molar-refractivity contribution >= 4 is 0 Å².